The zero-order valence-corrected chi connectivity index (χ0v) is 20.8. The van der Waals surface area contributed by atoms with Crippen molar-refractivity contribution in [2.24, 2.45) is 0 Å². The molecule has 2 rings (SSSR count). The topological polar surface area (TPSA) is 17.1 Å². The number of benzene rings is 2. The normalized spacial score (nSPS) is 11.1. The van der Waals surface area contributed by atoms with Gasteiger partial charge in [-0.25, -0.2) is 0 Å². The molecule has 0 fully saturated rings. The van der Waals surface area contributed by atoms with E-state index in [-0.39, 0.29) is 5.78 Å². The second-order valence-electron chi connectivity index (χ2n) is 9.44. The minimum absolute atomic E-state index is 0.285. The number of carbonyl (C=O) groups excluding carboxylic acids is 1. The molecule has 0 aliphatic rings. The first-order valence-corrected chi connectivity index (χ1v) is 13.5. The van der Waals surface area contributed by atoms with E-state index in [2.05, 4.69) is 50.2 Å². The molecule has 32 heavy (non-hydrogen) atoms. The van der Waals surface area contributed by atoms with Crippen molar-refractivity contribution in [2.45, 2.75) is 117 Å². The van der Waals surface area contributed by atoms with Crippen LogP contribution in [0.1, 0.15) is 126 Å². The number of ketones is 1. The number of Topliss-reactive ketones (excluding diaryl/α,β-unsaturated/α-hetero) is 1. The van der Waals surface area contributed by atoms with Gasteiger partial charge in [0.15, 0.2) is 5.78 Å². The van der Waals surface area contributed by atoms with Crippen molar-refractivity contribution in [3.8, 4) is 11.1 Å². The lowest BCUT2D eigenvalue weighted by Crippen LogP contribution is -1.98. The average molecular weight is 435 g/mol. The summed E-state index contributed by atoms with van der Waals surface area (Å²) in [5.74, 6) is 0.285. The van der Waals surface area contributed by atoms with Crippen LogP contribution in [0, 0.1) is 0 Å². The zero-order valence-electron chi connectivity index (χ0n) is 20.8. The standard InChI is InChI=1S/C31H46O/c1-3-5-7-9-11-12-13-15-17-27-19-21-28(22-20-27)29-23-25-30(26-24-29)31(32)18-16-14-10-8-6-4-2/h19-26H,3-18H2,1-2H3. The van der Waals surface area contributed by atoms with Crippen molar-refractivity contribution < 1.29 is 4.79 Å². The Labute approximate surface area is 198 Å². The summed E-state index contributed by atoms with van der Waals surface area (Å²) in [6, 6.07) is 17.2. The van der Waals surface area contributed by atoms with Crippen LogP contribution in [0.4, 0.5) is 0 Å². The monoisotopic (exact) mass is 434 g/mol. The van der Waals surface area contributed by atoms with Gasteiger partial charge in [0.05, 0.1) is 0 Å². The van der Waals surface area contributed by atoms with Crippen molar-refractivity contribution in [2.75, 3.05) is 0 Å². The Hall–Kier alpha value is -1.89. The van der Waals surface area contributed by atoms with E-state index in [1.165, 1.54) is 107 Å². The van der Waals surface area contributed by atoms with Crippen molar-refractivity contribution in [3.63, 3.8) is 0 Å². The van der Waals surface area contributed by atoms with Gasteiger partial charge in [-0.15, -0.1) is 0 Å². The third-order valence-electron chi connectivity index (χ3n) is 6.57. The van der Waals surface area contributed by atoms with E-state index in [1.54, 1.807) is 0 Å². The van der Waals surface area contributed by atoms with Gasteiger partial charge in [-0.1, -0.05) is 139 Å². The van der Waals surface area contributed by atoms with E-state index in [1.807, 2.05) is 12.1 Å². The number of hydrogen-bond donors (Lipinski definition) is 0. The zero-order chi connectivity index (χ0) is 22.9. The molecular weight excluding hydrogens is 388 g/mol. The van der Waals surface area contributed by atoms with Crippen LogP contribution in [0.3, 0.4) is 0 Å². The second kappa shape index (κ2) is 16.7. The van der Waals surface area contributed by atoms with Gasteiger partial charge in [0, 0.05) is 12.0 Å². The molecule has 0 unspecified atom stereocenters. The van der Waals surface area contributed by atoms with E-state index >= 15 is 0 Å². The smallest absolute Gasteiger partial charge is 0.162 e. The molecule has 0 spiro atoms. The molecule has 0 bridgehead atoms. The molecule has 0 N–H and O–H groups in total. The van der Waals surface area contributed by atoms with Crippen LogP contribution in [0.25, 0.3) is 11.1 Å². The molecule has 0 aliphatic carbocycles. The number of unbranched alkanes of at least 4 members (excludes halogenated alkanes) is 12. The number of hydrogen-bond acceptors (Lipinski definition) is 1. The van der Waals surface area contributed by atoms with E-state index < -0.39 is 0 Å². The highest BCUT2D eigenvalue weighted by Gasteiger charge is 2.06. The van der Waals surface area contributed by atoms with Crippen LogP contribution in [-0.4, -0.2) is 5.78 Å². The van der Waals surface area contributed by atoms with Gasteiger partial charge in [-0.05, 0) is 36.0 Å². The molecule has 1 heteroatoms. The molecule has 0 aromatic heterocycles. The summed E-state index contributed by atoms with van der Waals surface area (Å²) >= 11 is 0. The molecule has 176 valence electrons. The number of carbonyl (C=O) groups is 1. The van der Waals surface area contributed by atoms with E-state index in [0.717, 1.165) is 12.0 Å². The van der Waals surface area contributed by atoms with Gasteiger partial charge in [0.1, 0.15) is 0 Å². The van der Waals surface area contributed by atoms with Crippen molar-refractivity contribution >= 4 is 5.78 Å². The molecule has 0 amide bonds. The summed E-state index contributed by atoms with van der Waals surface area (Å²) < 4.78 is 0. The van der Waals surface area contributed by atoms with Crippen molar-refractivity contribution in [3.05, 3.63) is 59.7 Å². The van der Waals surface area contributed by atoms with Gasteiger partial charge in [-0.3, -0.25) is 4.79 Å². The minimum Gasteiger partial charge on any atom is -0.294 e. The summed E-state index contributed by atoms with van der Waals surface area (Å²) in [6.45, 7) is 4.51. The Kier molecular flexibility index (Phi) is 13.8. The fraction of sp³-hybridized carbons (Fsp3) is 0.581. The Morgan fingerprint density at radius 3 is 1.50 bits per heavy atom. The van der Waals surface area contributed by atoms with E-state index in [0.29, 0.717) is 6.42 Å². The maximum absolute atomic E-state index is 12.4. The van der Waals surface area contributed by atoms with Crippen molar-refractivity contribution in [1.82, 2.24) is 0 Å². The summed E-state index contributed by atoms with van der Waals surface area (Å²) in [5.41, 5.74) is 4.72. The van der Waals surface area contributed by atoms with Crippen LogP contribution in [0.15, 0.2) is 48.5 Å². The van der Waals surface area contributed by atoms with Crippen LogP contribution in [-0.2, 0) is 6.42 Å². The molecule has 0 heterocycles. The lowest BCUT2D eigenvalue weighted by Gasteiger charge is -2.07. The summed E-state index contributed by atoms with van der Waals surface area (Å²) in [7, 11) is 0. The Morgan fingerprint density at radius 2 is 0.969 bits per heavy atom. The lowest BCUT2D eigenvalue weighted by atomic mass is 9.98. The molecule has 0 radical (unpaired) electrons. The fourth-order valence-corrected chi connectivity index (χ4v) is 4.39. The molecule has 0 aliphatic heterocycles. The number of aryl methyl sites for hydroxylation is 1. The summed E-state index contributed by atoms with van der Waals surface area (Å²) in [4.78, 5) is 12.4. The molecule has 0 saturated heterocycles. The highest BCUT2D eigenvalue weighted by molar-refractivity contribution is 5.96. The first kappa shape index (κ1) is 26.4. The summed E-state index contributed by atoms with van der Waals surface area (Å²) in [6.07, 6.45) is 20.2. The maximum atomic E-state index is 12.4. The first-order chi connectivity index (χ1) is 15.7. The first-order valence-electron chi connectivity index (χ1n) is 13.5. The predicted octanol–water partition coefficient (Wildman–Crippen LogP) is 9.97. The molecular formula is C31H46O. The van der Waals surface area contributed by atoms with Gasteiger partial charge >= 0.3 is 0 Å². The Balaban J connectivity index is 1.69. The van der Waals surface area contributed by atoms with Crippen LogP contribution >= 0.6 is 0 Å². The molecule has 1 nitrogen and oxygen atoms in total. The fourth-order valence-electron chi connectivity index (χ4n) is 4.39. The van der Waals surface area contributed by atoms with E-state index in [4.69, 9.17) is 0 Å². The predicted molar refractivity (Wildman–Crippen MR) is 141 cm³/mol. The average Bonchev–Trinajstić information content (AvgIpc) is 2.83. The largest absolute Gasteiger partial charge is 0.294 e. The van der Waals surface area contributed by atoms with Gasteiger partial charge in [-0.2, -0.15) is 0 Å². The highest BCUT2D eigenvalue weighted by Crippen LogP contribution is 2.22. The highest BCUT2D eigenvalue weighted by atomic mass is 16.1. The van der Waals surface area contributed by atoms with Crippen molar-refractivity contribution in [1.29, 1.82) is 0 Å². The quantitative estimate of drug-likeness (QED) is 0.168. The maximum Gasteiger partial charge on any atom is 0.162 e. The molecule has 0 saturated carbocycles. The number of rotatable bonds is 18. The van der Waals surface area contributed by atoms with Crippen LogP contribution in [0.5, 0.6) is 0 Å². The second-order valence-corrected chi connectivity index (χ2v) is 9.44. The van der Waals surface area contributed by atoms with Gasteiger partial charge < -0.3 is 0 Å². The third kappa shape index (κ3) is 10.6. The molecule has 2 aromatic carbocycles. The molecule has 0 atom stereocenters. The van der Waals surface area contributed by atoms with Gasteiger partial charge in [0.2, 0.25) is 0 Å². The Morgan fingerprint density at radius 1 is 0.531 bits per heavy atom. The van der Waals surface area contributed by atoms with E-state index in [9.17, 15) is 4.79 Å². The Bertz CT molecular complexity index is 726. The minimum atomic E-state index is 0.285. The third-order valence-corrected chi connectivity index (χ3v) is 6.57. The SMILES string of the molecule is CCCCCCCCCCc1ccc(-c2ccc(C(=O)CCCCCCCC)cc2)cc1. The van der Waals surface area contributed by atoms with Crippen LogP contribution in [0.2, 0.25) is 0 Å². The summed E-state index contributed by atoms with van der Waals surface area (Å²) in [5, 5.41) is 0. The molecule has 2 aromatic rings. The van der Waals surface area contributed by atoms with Gasteiger partial charge in [0.25, 0.3) is 0 Å². The van der Waals surface area contributed by atoms with Crippen LogP contribution < -0.4 is 0 Å². The lowest BCUT2D eigenvalue weighted by molar-refractivity contribution is 0.0979.